The molecule has 1 aromatic carbocycles. The van der Waals surface area contributed by atoms with Crippen molar-refractivity contribution < 1.29 is 9.90 Å². The first-order valence-electron chi connectivity index (χ1n) is 8.29. The molecule has 0 aliphatic carbocycles. The second kappa shape index (κ2) is 6.33. The Morgan fingerprint density at radius 2 is 2.19 bits per heavy atom. The Morgan fingerprint density at radius 3 is 2.96 bits per heavy atom. The minimum absolute atomic E-state index is 0.181. The van der Waals surface area contributed by atoms with Crippen molar-refractivity contribution in [2.45, 2.75) is 19.4 Å². The number of nitrogens with zero attached hydrogens (tertiary/aromatic N) is 4. The SMILES string of the molecule is CC(C)(CO)NC(=O)c1c[nH]c2ncc(-n3ncc4cc(Cl)ccc43)nc12. The zero-order valence-electron chi connectivity index (χ0n) is 14.7. The van der Waals surface area contributed by atoms with Crippen LogP contribution in [0.5, 0.6) is 0 Å². The third kappa shape index (κ3) is 3.13. The van der Waals surface area contributed by atoms with E-state index in [1.807, 2.05) is 12.1 Å². The van der Waals surface area contributed by atoms with E-state index in [4.69, 9.17) is 11.6 Å². The van der Waals surface area contributed by atoms with Crippen LogP contribution in [0.3, 0.4) is 0 Å². The summed E-state index contributed by atoms with van der Waals surface area (Å²) in [5, 5.41) is 18.0. The van der Waals surface area contributed by atoms with Gasteiger partial charge in [-0.15, -0.1) is 0 Å². The highest BCUT2D eigenvalue weighted by atomic mass is 35.5. The molecule has 0 spiro atoms. The number of halogens is 1. The highest BCUT2D eigenvalue weighted by Gasteiger charge is 2.23. The Labute approximate surface area is 159 Å². The van der Waals surface area contributed by atoms with Gasteiger partial charge in [-0.05, 0) is 32.0 Å². The van der Waals surface area contributed by atoms with Gasteiger partial charge in [0.1, 0.15) is 5.52 Å². The summed E-state index contributed by atoms with van der Waals surface area (Å²) in [7, 11) is 0. The first-order valence-corrected chi connectivity index (χ1v) is 8.67. The van der Waals surface area contributed by atoms with E-state index in [1.165, 1.54) is 0 Å². The third-order valence-corrected chi connectivity index (χ3v) is 4.44. The number of hydrogen-bond donors (Lipinski definition) is 3. The summed E-state index contributed by atoms with van der Waals surface area (Å²) in [6, 6.07) is 5.45. The first-order chi connectivity index (χ1) is 12.9. The summed E-state index contributed by atoms with van der Waals surface area (Å²) in [6.07, 6.45) is 4.83. The van der Waals surface area contributed by atoms with Crippen LogP contribution in [0.4, 0.5) is 0 Å². The molecule has 0 fully saturated rings. The van der Waals surface area contributed by atoms with E-state index in [0.717, 1.165) is 10.9 Å². The topological polar surface area (TPSA) is 109 Å². The molecule has 0 bridgehead atoms. The molecule has 4 rings (SSSR count). The maximum Gasteiger partial charge on any atom is 0.255 e. The fourth-order valence-corrected chi connectivity index (χ4v) is 2.94. The van der Waals surface area contributed by atoms with Crippen LogP contribution in [0, 0.1) is 0 Å². The van der Waals surface area contributed by atoms with Crippen LogP contribution in [0.2, 0.25) is 5.02 Å². The molecule has 3 heterocycles. The summed E-state index contributed by atoms with van der Waals surface area (Å²) in [6.45, 7) is 3.29. The van der Waals surface area contributed by atoms with Gasteiger partial charge in [0.2, 0.25) is 0 Å². The number of fused-ring (bicyclic) bond motifs is 2. The number of aliphatic hydroxyl groups is 1. The molecule has 0 saturated carbocycles. The lowest BCUT2D eigenvalue weighted by atomic mass is 10.1. The fourth-order valence-electron chi connectivity index (χ4n) is 2.76. The van der Waals surface area contributed by atoms with Crippen LogP contribution in [0.25, 0.3) is 27.9 Å². The number of nitrogens with one attached hydrogen (secondary N) is 2. The summed E-state index contributed by atoms with van der Waals surface area (Å²) in [5.41, 5.74) is 1.35. The molecule has 138 valence electrons. The maximum atomic E-state index is 12.6. The average Bonchev–Trinajstić information content (AvgIpc) is 3.24. The average molecular weight is 385 g/mol. The number of carbonyl (C=O) groups is 1. The number of H-pyrrole nitrogens is 1. The largest absolute Gasteiger partial charge is 0.394 e. The molecule has 4 aromatic rings. The number of hydrogen-bond acceptors (Lipinski definition) is 5. The predicted octanol–water partition coefficient (Wildman–Crippen LogP) is 2.45. The van der Waals surface area contributed by atoms with E-state index < -0.39 is 5.54 Å². The maximum absolute atomic E-state index is 12.6. The van der Waals surface area contributed by atoms with Gasteiger partial charge < -0.3 is 15.4 Å². The van der Waals surface area contributed by atoms with Crippen molar-refractivity contribution in [2.75, 3.05) is 6.61 Å². The van der Waals surface area contributed by atoms with Crippen LogP contribution in [0.15, 0.2) is 36.8 Å². The zero-order chi connectivity index (χ0) is 19.2. The number of aliphatic hydroxyl groups excluding tert-OH is 1. The smallest absolute Gasteiger partial charge is 0.255 e. The summed E-state index contributed by atoms with van der Waals surface area (Å²) in [4.78, 5) is 24.5. The minimum atomic E-state index is -0.747. The number of rotatable bonds is 4. The van der Waals surface area contributed by atoms with Gasteiger partial charge in [-0.2, -0.15) is 5.10 Å². The van der Waals surface area contributed by atoms with Crippen molar-refractivity contribution in [3.05, 3.63) is 47.4 Å². The Balaban J connectivity index is 1.79. The number of benzene rings is 1. The van der Waals surface area contributed by atoms with Gasteiger partial charge in [-0.3, -0.25) is 4.79 Å². The Morgan fingerprint density at radius 1 is 1.37 bits per heavy atom. The fraction of sp³-hybridized carbons (Fsp3) is 0.222. The van der Waals surface area contributed by atoms with Gasteiger partial charge in [0.05, 0.1) is 35.6 Å². The molecule has 1 amide bonds. The van der Waals surface area contributed by atoms with E-state index in [-0.39, 0.29) is 12.5 Å². The van der Waals surface area contributed by atoms with Gasteiger partial charge in [0, 0.05) is 16.6 Å². The molecule has 3 N–H and O–H groups in total. The zero-order valence-corrected chi connectivity index (χ0v) is 15.4. The Hall–Kier alpha value is -2.97. The number of amides is 1. The summed E-state index contributed by atoms with van der Waals surface area (Å²) >= 11 is 6.03. The molecule has 0 aliphatic heterocycles. The lowest BCUT2D eigenvalue weighted by Gasteiger charge is -2.23. The standard InChI is InChI=1S/C18H17ClN6O2/c1-18(2,9-26)24-17(27)12-7-20-16-15(12)23-14(8-21-16)25-13-4-3-11(19)5-10(13)6-22-25/h3-8,26H,9H2,1-2H3,(H,20,21)(H,24,27). The van der Waals surface area contributed by atoms with E-state index >= 15 is 0 Å². The molecule has 0 aliphatic rings. The molecule has 27 heavy (non-hydrogen) atoms. The number of aromatic amines is 1. The van der Waals surface area contributed by atoms with E-state index in [1.54, 1.807) is 43.2 Å². The molecular formula is C18H17ClN6O2. The van der Waals surface area contributed by atoms with Crippen LogP contribution >= 0.6 is 11.6 Å². The predicted molar refractivity (Wildman–Crippen MR) is 102 cm³/mol. The quantitative estimate of drug-likeness (QED) is 0.500. The minimum Gasteiger partial charge on any atom is -0.394 e. The van der Waals surface area contributed by atoms with Gasteiger partial charge in [-0.25, -0.2) is 14.6 Å². The van der Waals surface area contributed by atoms with Crippen molar-refractivity contribution in [3.8, 4) is 5.82 Å². The van der Waals surface area contributed by atoms with Crippen molar-refractivity contribution >= 4 is 39.6 Å². The van der Waals surface area contributed by atoms with Crippen LogP contribution in [0.1, 0.15) is 24.2 Å². The van der Waals surface area contributed by atoms with Crippen molar-refractivity contribution in [3.63, 3.8) is 0 Å². The molecule has 8 nitrogen and oxygen atoms in total. The van der Waals surface area contributed by atoms with E-state index in [2.05, 4.69) is 25.4 Å². The molecule has 0 saturated heterocycles. The molecule has 3 aromatic heterocycles. The van der Waals surface area contributed by atoms with E-state index in [9.17, 15) is 9.90 Å². The second-order valence-corrected chi connectivity index (χ2v) is 7.32. The van der Waals surface area contributed by atoms with Gasteiger partial charge in [0.25, 0.3) is 5.91 Å². The first kappa shape index (κ1) is 17.4. The van der Waals surface area contributed by atoms with Crippen molar-refractivity contribution in [2.24, 2.45) is 0 Å². The second-order valence-electron chi connectivity index (χ2n) is 6.88. The van der Waals surface area contributed by atoms with Crippen LogP contribution in [-0.2, 0) is 0 Å². The summed E-state index contributed by atoms with van der Waals surface area (Å²) < 4.78 is 1.64. The molecule has 9 heteroatoms. The van der Waals surface area contributed by atoms with Gasteiger partial charge in [0.15, 0.2) is 11.5 Å². The highest BCUT2D eigenvalue weighted by Crippen LogP contribution is 2.22. The van der Waals surface area contributed by atoms with Crippen molar-refractivity contribution in [1.29, 1.82) is 0 Å². The van der Waals surface area contributed by atoms with E-state index in [0.29, 0.717) is 27.6 Å². The number of aromatic nitrogens is 5. The number of carbonyl (C=O) groups excluding carboxylic acids is 1. The van der Waals surface area contributed by atoms with Gasteiger partial charge in [-0.1, -0.05) is 11.6 Å². The van der Waals surface area contributed by atoms with Crippen LogP contribution in [-0.4, -0.2) is 47.9 Å². The monoisotopic (exact) mass is 384 g/mol. The van der Waals surface area contributed by atoms with Crippen LogP contribution < -0.4 is 5.32 Å². The molecule has 0 atom stereocenters. The Bertz CT molecular complexity index is 1160. The normalized spacial score (nSPS) is 12.0. The lowest BCUT2D eigenvalue weighted by Crippen LogP contribution is -2.46. The molecule has 0 unspecified atom stereocenters. The Kier molecular flexibility index (Phi) is 4.09. The molecular weight excluding hydrogens is 368 g/mol. The lowest BCUT2D eigenvalue weighted by molar-refractivity contribution is 0.0871. The van der Waals surface area contributed by atoms with Crippen molar-refractivity contribution in [1.82, 2.24) is 30.0 Å². The highest BCUT2D eigenvalue weighted by molar-refractivity contribution is 6.31. The van der Waals surface area contributed by atoms with Gasteiger partial charge >= 0.3 is 0 Å². The molecule has 0 radical (unpaired) electrons. The third-order valence-electron chi connectivity index (χ3n) is 4.21. The summed E-state index contributed by atoms with van der Waals surface area (Å²) in [5.74, 6) is 0.138.